The first kappa shape index (κ1) is 25.3. The molecule has 0 radical (unpaired) electrons. The van der Waals surface area contributed by atoms with Crippen LogP contribution in [0.1, 0.15) is 50.2 Å². The Morgan fingerprint density at radius 1 is 1.00 bits per heavy atom. The van der Waals surface area contributed by atoms with Crippen LogP contribution in [0.2, 0.25) is 0 Å². The number of nitrogens with zero attached hydrogens (tertiary/aromatic N) is 2. The normalized spacial score (nSPS) is 23.4. The van der Waals surface area contributed by atoms with E-state index >= 15 is 0 Å². The lowest BCUT2D eigenvalue weighted by molar-refractivity contribution is -0.153. The quantitative estimate of drug-likeness (QED) is 0.426. The number of rotatable bonds is 7. The third kappa shape index (κ3) is 4.67. The van der Waals surface area contributed by atoms with E-state index in [-0.39, 0.29) is 19.0 Å². The zero-order valence-electron chi connectivity index (χ0n) is 20.9. The zero-order chi connectivity index (χ0) is 25.8. The third-order valence-electron chi connectivity index (χ3n) is 6.77. The molecule has 1 aromatic carbocycles. The van der Waals surface area contributed by atoms with E-state index in [1.54, 1.807) is 58.5 Å². The number of hydrogen-bond donors (Lipinski definition) is 0. The van der Waals surface area contributed by atoms with Crippen LogP contribution in [0.3, 0.4) is 0 Å². The lowest BCUT2D eigenvalue weighted by Gasteiger charge is -2.41. The number of methoxy groups -OCH3 is 1. The van der Waals surface area contributed by atoms with E-state index in [9.17, 15) is 14.4 Å². The molecule has 0 spiro atoms. The molecule has 0 amide bonds. The molecule has 1 fully saturated rings. The summed E-state index contributed by atoms with van der Waals surface area (Å²) < 4.78 is 16.0. The van der Waals surface area contributed by atoms with E-state index in [0.29, 0.717) is 34.7 Å². The molecule has 2 heterocycles. The van der Waals surface area contributed by atoms with Crippen molar-refractivity contribution in [3.8, 4) is 5.75 Å². The summed E-state index contributed by atoms with van der Waals surface area (Å²) in [6.07, 6.45) is 3.64. The van der Waals surface area contributed by atoms with Gasteiger partial charge in [-0.2, -0.15) is 0 Å². The van der Waals surface area contributed by atoms with Crippen molar-refractivity contribution in [3.05, 3.63) is 71.2 Å². The van der Waals surface area contributed by atoms with Crippen LogP contribution in [0.4, 0.5) is 0 Å². The average molecular weight is 491 g/mol. The fourth-order valence-electron chi connectivity index (χ4n) is 5.24. The summed E-state index contributed by atoms with van der Waals surface area (Å²) in [6, 6.07) is 10.9. The van der Waals surface area contributed by atoms with Crippen LogP contribution in [0.25, 0.3) is 0 Å². The molecule has 1 aliphatic carbocycles. The maximum atomic E-state index is 14.2. The summed E-state index contributed by atoms with van der Waals surface area (Å²) in [5, 5.41) is 0. The summed E-state index contributed by atoms with van der Waals surface area (Å²) in [7, 11) is 1.58. The first-order chi connectivity index (χ1) is 17.4. The van der Waals surface area contributed by atoms with Crippen molar-refractivity contribution in [1.29, 1.82) is 0 Å². The number of allylic oxidation sites excluding steroid dienone is 1. The number of aliphatic imine (C=N–C) groups is 1. The molecule has 0 N–H and O–H groups in total. The van der Waals surface area contributed by atoms with E-state index in [1.807, 2.05) is 18.2 Å². The Hall–Kier alpha value is -3.81. The maximum absolute atomic E-state index is 14.2. The molecule has 1 aromatic heterocycles. The third-order valence-corrected chi connectivity index (χ3v) is 6.77. The summed E-state index contributed by atoms with van der Waals surface area (Å²) in [4.78, 5) is 49.4. The molecule has 0 saturated heterocycles. The smallest absolute Gasteiger partial charge is 0.336 e. The van der Waals surface area contributed by atoms with Crippen molar-refractivity contribution < 1.29 is 28.6 Å². The largest absolute Gasteiger partial charge is 0.497 e. The minimum Gasteiger partial charge on any atom is -0.497 e. The minimum absolute atomic E-state index is 0.155. The molecule has 8 heteroatoms. The van der Waals surface area contributed by atoms with Gasteiger partial charge in [-0.3, -0.25) is 19.6 Å². The first-order valence-electron chi connectivity index (χ1n) is 12.1. The fourth-order valence-corrected chi connectivity index (χ4v) is 5.24. The average Bonchev–Trinajstić information content (AvgIpc) is 2.88. The highest BCUT2D eigenvalue weighted by Gasteiger charge is 2.53. The fraction of sp³-hybridized carbons (Fsp3) is 0.393. The Kier molecular flexibility index (Phi) is 7.62. The van der Waals surface area contributed by atoms with Crippen LogP contribution in [0.15, 0.2) is 65.1 Å². The number of pyridine rings is 1. The van der Waals surface area contributed by atoms with Gasteiger partial charge in [0.05, 0.1) is 31.8 Å². The van der Waals surface area contributed by atoms with E-state index < -0.39 is 35.6 Å². The summed E-state index contributed by atoms with van der Waals surface area (Å²) in [5.74, 6) is -3.70. The molecule has 4 atom stereocenters. The Morgan fingerprint density at radius 3 is 2.33 bits per heavy atom. The summed E-state index contributed by atoms with van der Waals surface area (Å²) >= 11 is 0. The van der Waals surface area contributed by atoms with Crippen LogP contribution >= 0.6 is 0 Å². The van der Waals surface area contributed by atoms with Gasteiger partial charge in [-0.15, -0.1) is 0 Å². The monoisotopic (exact) mass is 490 g/mol. The molecule has 1 unspecified atom stereocenters. The Labute approximate surface area is 210 Å². The van der Waals surface area contributed by atoms with Gasteiger partial charge in [0.15, 0.2) is 5.78 Å². The molecule has 1 aliphatic heterocycles. The van der Waals surface area contributed by atoms with E-state index in [0.717, 1.165) is 5.56 Å². The predicted molar refractivity (Wildman–Crippen MR) is 133 cm³/mol. The van der Waals surface area contributed by atoms with Gasteiger partial charge in [-0.25, -0.2) is 4.79 Å². The standard InChI is InChI=1S/C28H30N2O6/c1-5-35-27(32)22-16(3)30-21-14-20(17-9-11-19(34-4)12-10-17)24(28(33)36-6-2)26(31)25(21)23(22)18-8-7-13-29-15-18/h7-13,15,20,23-25H,5-6,14H2,1-4H3/t20-,23-,24-,25?/m1/s1. The molecular formula is C28H30N2O6. The molecule has 36 heavy (non-hydrogen) atoms. The molecule has 2 aromatic rings. The topological polar surface area (TPSA) is 104 Å². The molecule has 2 aliphatic rings. The lowest BCUT2D eigenvalue weighted by atomic mass is 9.62. The Morgan fingerprint density at radius 2 is 1.72 bits per heavy atom. The molecule has 8 nitrogen and oxygen atoms in total. The predicted octanol–water partition coefficient (Wildman–Crippen LogP) is 4.02. The molecule has 0 bridgehead atoms. The van der Waals surface area contributed by atoms with Gasteiger partial charge >= 0.3 is 11.9 Å². The second-order valence-corrected chi connectivity index (χ2v) is 8.78. The second kappa shape index (κ2) is 10.8. The number of fused-ring (bicyclic) bond motifs is 1. The van der Waals surface area contributed by atoms with Crippen LogP contribution in [0.5, 0.6) is 5.75 Å². The summed E-state index contributed by atoms with van der Waals surface area (Å²) in [6.45, 7) is 5.54. The number of Topliss-reactive ketones (excluding diaryl/α,β-unsaturated/α-hetero) is 1. The number of ether oxygens (including phenoxy) is 3. The number of carbonyl (C=O) groups is 3. The highest BCUT2D eigenvalue weighted by molar-refractivity contribution is 6.17. The van der Waals surface area contributed by atoms with Gasteiger partial charge in [0.2, 0.25) is 0 Å². The number of benzene rings is 1. The van der Waals surface area contributed by atoms with Gasteiger partial charge in [0.25, 0.3) is 0 Å². The molecular weight excluding hydrogens is 460 g/mol. The molecule has 1 saturated carbocycles. The lowest BCUT2D eigenvalue weighted by Crippen LogP contribution is -2.48. The van der Waals surface area contributed by atoms with Gasteiger partial charge in [-0.1, -0.05) is 18.2 Å². The number of carbonyl (C=O) groups excluding carboxylic acids is 3. The molecule has 4 rings (SSSR count). The van der Waals surface area contributed by atoms with Gasteiger partial charge < -0.3 is 14.2 Å². The van der Waals surface area contributed by atoms with Crippen LogP contribution in [0, 0.1) is 11.8 Å². The van der Waals surface area contributed by atoms with Gasteiger partial charge in [0.1, 0.15) is 11.7 Å². The minimum atomic E-state index is -1.04. The number of hydrogen-bond acceptors (Lipinski definition) is 8. The van der Waals surface area contributed by atoms with E-state index in [1.165, 1.54) is 0 Å². The SMILES string of the molecule is CCOC(=O)C1=C(C)N=C2C[C@H](c3ccc(OC)cc3)[C@@H](C(=O)OCC)C(=O)C2[C@@H]1c1cccnc1. The van der Waals surface area contributed by atoms with Crippen LogP contribution in [-0.2, 0) is 23.9 Å². The maximum Gasteiger partial charge on any atom is 0.336 e. The summed E-state index contributed by atoms with van der Waals surface area (Å²) in [5.41, 5.74) is 2.97. The van der Waals surface area contributed by atoms with Crippen molar-refractivity contribution in [3.63, 3.8) is 0 Å². The number of ketones is 1. The van der Waals surface area contributed by atoms with Gasteiger partial charge in [-0.05, 0) is 56.5 Å². The highest BCUT2D eigenvalue weighted by Crippen LogP contribution is 2.48. The van der Waals surface area contributed by atoms with E-state index in [4.69, 9.17) is 19.2 Å². The Balaban J connectivity index is 1.86. The van der Waals surface area contributed by atoms with Crippen molar-refractivity contribution in [2.45, 2.75) is 39.0 Å². The number of esters is 2. The van der Waals surface area contributed by atoms with Crippen molar-refractivity contribution in [2.75, 3.05) is 20.3 Å². The highest BCUT2D eigenvalue weighted by atomic mass is 16.5. The second-order valence-electron chi connectivity index (χ2n) is 8.78. The van der Waals surface area contributed by atoms with E-state index in [2.05, 4.69) is 4.98 Å². The van der Waals surface area contributed by atoms with Crippen LogP contribution in [-0.4, -0.2) is 48.7 Å². The van der Waals surface area contributed by atoms with Crippen molar-refractivity contribution >= 4 is 23.4 Å². The zero-order valence-corrected chi connectivity index (χ0v) is 20.9. The van der Waals surface area contributed by atoms with Crippen molar-refractivity contribution in [2.24, 2.45) is 16.8 Å². The Bertz CT molecular complexity index is 1200. The van der Waals surface area contributed by atoms with Crippen LogP contribution < -0.4 is 4.74 Å². The number of aromatic nitrogens is 1. The van der Waals surface area contributed by atoms with Gasteiger partial charge in [0, 0.05) is 35.6 Å². The van der Waals surface area contributed by atoms with Crippen molar-refractivity contribution in [1.82, 2.24) is 4.98 Å². The molecule has 188 valence electrons. The first-order valence-corrected chi connectivity index (χ1v) is 12.1.